The summed E-state index contributed by atoms with van der Waals surface area (Å²) in [6.07, 6.45) is 1.83. The van der Waals surface area contributed by atoms with Crippen LogP contribution in [0.4, 0.5) is 5.13 Å². The summed E-state index contributed by atoms with van der Waals surface area (Å²) in [5.74, 6) is 0.621. The maximum absolute atomic E-state index is 10.1. The molecule has 0 fully saturated rings. The van der Waals surface area contributed by atoms with Crippen LogP contribution in [0.1, 0.15) is 38.6 Å². The van der Waals surface area contributed by atoms with Gasteiger partial charge < -0.3 is 10.4 Å². The second-order valence-electron chi connectivity index (χ2n) is 4.91. The lowest BCUT2D eigenvalue weighted by Gasteiger charge is -2.24. The van der Waals surface area contributed by atoms with Crippen molar-refractivity contribution in [3.05, 3.63) is 5.01 Å². The molecular weight excluding hydrogens is 222 g/mol. The zero-order chi connectivity index (χ0) is 12.2. The van der Waals surface area contributed by atoms with Crippen molar-refractivity contribution in [2.75, 3.05) is 11.9 Å². The lowest BCUT2D eigenvalue weighted by atomic mass is 9.95. The number of nitrogens with zero attached hydrogens (tertiary/aromatic N) is 2. The molecule has 0 spiro atoms. The molecule has 2 N–H and O–H groups in total. The molecule has 0 bridgehead atoms. The van der Waals surface area contributed by atoms with E-state index >= 15 is 0 Å². The Hall–Kier alpha value is -0.680. The summed E-state index contributed by atoms with van der Waals surface area (Å²) in [5, 5.41) is 22.8. The van der Waals surface area contributed by atoms with Gasteiger partial charge in [0, 0.05) is 6.54 Å². The van der Waals surface area contributed by atoms with Crippen LogP contribution in [0.5, 0.6) is 0 Å². The summed E-state index contributed by atoms with van der Waals surface area (Å²) in [5.41, 5.74) is -0.677. The molecule has 1 aromatic heterocycles. The van der Waals surface area contributed by atoms with Crippen LogP contribution < -0.4 is 5.32 Å². The summed E-state index contributed by atoms with van der Waals surface area (Å²) >= 11 is 1.51. The number of aryl methyl sites for hydroxylation is 1. The van der Waals surface area contributed by atoms with Crippen LogP contribution in [0, 0.1) is 12.8 Å². The predicted molar refractivity (Wildman–Crippen MR) is 67.8 cm³/mol. The van der Waals surface area contributed by atoms with Crippen molar-refractivity contribution in [1.82, 2.24) is 10.2 Å². The Morgan fingerprint density at radius 2 is 2.12 bits per heavy atom. The molecule has 0 aliphatic carbocycles. The quantitative estimate of drug-likeness (QED) is 0.805. The second kappa shape index (κ2) is 5.59. The van der Waals surface area contributed by atoms with Crippen LogP contribution in [-0.4, -0.2) is 27.4 Å². The van der Waals surface area contributed by atoms with Crippen molar-refractivity contribution >= 4 is 16.5 Å². The van der Waals surface area contributed by atoms with Gasteiger partial charge in [0.2, 0.25) is 5.13 Å². The first kappa shape index (κ1) is 13.4. The average molecular weight is 243 g/mol. The largest absolute Gasteiger partial charge is 0.388 e. The summed E-state index contributed by atoms with van der Waals surface area (Å²) in [6.45, 7) is 8.62. The third kappa shape index (κ3) is 4.90. The average Bonchev–Trinajstić information content (AvgIpc) is 2.59. The van der Waals surface area contributed by atoms with E-state index in [-0.39, 0.29) is 0 Å². The fourth-order valence-electron chi connectivity index (χ4n) is 1.32. The fourth-order valence-corrected chi connectivity index (χ4v) is 1.91. The molecule has 1 unspecified atom stereocenters. The Morgan fingerprint density at radius 1 is 1.44 bits per heavy atom. The lowest BCUT2D eigenvalue weighted by Crippen LogP contribution is -2.33. The maximum atomic E-state index is 10.1. The third-order valence-corrected chi connectivity index (χ3v) is 3.20. The second-order valence-corrected chi connectivity index (χ2v) is 6.09. The van der Waals surface area contributed by atoms with Gasteiger partial charge in [-0.05, 0) is 32.6 Å². The van der Waals surface area contributed by atoms with Gasteiger partial charge in [-0.15, -0.1) is 10.2 Å². The minimum atomic E-state index is -0.677. The zero-order valence-corrected chi connectivity index (χ0v) is 11.3. The van der Waals surface area contributed by atoms with Gasteiger partial charge in [0.25, 0.3) is 0 Å². The molecule has 0 aliphatic heterocycles. The molecule has 0 aromatic carbocycles. The van der Waals surface area contributed by atoms with Gasteiger partial charge >= 0.3 is 0 Å². The summed E-state index contributed by atoms with van der Waals surface area (Å²) in [4.78, 5) is 0. The molecule has 4 nitrogen and oxygen atoms in total. The van der Waals surface area contributed by atoms with Crippen LogP contribution in [0.15, 0.2) is 0 Å². The number of anilines is 1. The number of hydrogen-bond acceptors (Lipinski definition) is 5. The molecule has 0 aliphatic rings. The van der Waals surface area contributed by atoms with Crippen LogP contribution in [0.3, 0.4) is 0 Å². The van der Waals surface area contributed by atoms with Gasteiger partial charge in [0.05, 0.1) is 5.60 Å². The number of nitrogens with one attached hydrogen (secondary N) is 1. The molecule has 0 saturated heterocycles. The SMILES string of the molecule is Cc1nnc(NCC(C)(O)CCC(C)C)s1. The topological polar surface area (TPSA) is 58.0 Å². The highest BCUT2D eigenvalue weighted by Crippen LogP contribution is 2.19. The highest BCUT2D eigenvalue weighted by molar-refractivity contribution is 7.15. The van der Waals surface area contributed by atoms with Gasteiger partial charge in [-0.2, -0.15) is 0 Å². The first-order valence-electron chi connectivity index (χ1n) is 5.65. The molecule has 1 rings (SSSR count). The Labute approximate surface area is 101 Å². The van der Waals surface area contributed by atoms with Crippen LogP contribution >= 0.6 is 11.3 Å². The third-order valence-electron chi connectivity index (χ3n) is 2.41. The molecule has 1 aromatic rings. The smallest absolute Gasteiger partial charge is 0.205 e. The van der Waals surface area contributed by atoms with Crippen molar-refractivity contribution in [3.63, 3.8) is 0 Å². The van der Waals surface area contributed by atoms with Crippen LogP contribution in [0.2, 0.25) is 0 Å². The molecule has 16 heavy (non-hydrogen) atoms. The van der Waals surface area contributed by atoms with Gasteiger partial charge in [0.1, 0.15) is 5.01 Å². The Kier molecular flexibility index (Phi) is 4.68. The minimum absolute atomic E-state index is 0.522. The molecular formula is C11H21N3OS. The van der Waals surface area contributed by atoms with Crippen LogP contribution in [-0.2, 0) is 0 Å². The highest BCUT2D eigenvalue weighted by atomic mass is 32.1. The van der Waals surface area contributed by atoms with E-state index in [1.54, 1.807) is 0 Å². The van der Waals surface area contributed by atoms with E-state index < -0.39 is 5.60 Å². The lowest BCUT2D eigenvalue weighted by molar-refractivity contribution is 0.0586. The van der Waals surface area contributed by atoms with Gasteiger partial charge in [-0.25, -0.2) is 0 Å². The Balaban J connectivity index is 2.35. The normalized spacial score (nSPS) is 15.1. The molecule has 0 saturated carbocycles. The monoisotopic (exact) mass is 243 g/mol. The number of hydrogen-bond donors (Lipinski definition) is 2. The Bertz CT molecular complexity index is 323. The van der Waals surface area contributed by atoms with E-state index in [9.17, 15) is 5.11 Å². The summed E-state index contributed by atoms with van der Waals surface area (Å²) < 4.78 is 0. The fraction of sp³-hybridized carbons (Fsp3) is 0.818. The van der Waals surface area contributed by atoms with Gasteiger partial charge in [0.15, 0.2) is 0 Å². The minimum Gasteiger partial charge on any atom is -0.388 e. The summed E-state index contributed by atoms with van der Waals surface area (Å²) in [6, 6.07) is 0. The first-order valence-corrected chi connectivity index (χ1v) is 6.47. The van der Waals surface area contributed by atoms with E-state index in [1.165, 1.54) is 11.3 Å². The molecule has 92 valence electrons. The van der Waals surface area contributed by atoms with E-state index in [0.29, 0.717) is 12.5 Å². The van der Waals surface area contributed by atoms with Crippen molar-refractivity contribution in [2.24, 2.45) is 5.92 Å². The van der Waals surface area contributed by atoms with Crippen molar-refractivity contribution in [3.8, 4) is 0 Å². The standard InChI is InChI=1S/C11H21N3OS/c1-8(2)5-6-11(4,15)7-12-10-14-13-9(3)16-10/h8,15H,5-7H2,1-4H3,(H,12,14). The zero-order valence-electron chi connectivity index (χ0n) is 10.4. The Morgan fingerprint density at radius 3 is 2.62 bits per heavy atom. The predicted octanol–water partition coefficient (Wildman–Crippen LogP) is 2.45. The summed E-state index contributed by atoms with van der Waals surface area (Å²) in [7, 11) is 0. The first-order chi connectivity index (χ1) is 7.39. The van der Waals surface area contributed by atoms with E-state index in [4.69, 9.17) is 0 Å². The van der Waals surface area contributed by atoms with Gasteiger partial charge in [-0.3, -0.25) is 0 Å². The molecule has 5 heteroatoms. The van der Waals surface area contributed by atoms with E-state index in [0.717, 1.165) is 23.0 Å². The number of rotatable bonds is 6. The molecule has 1 heterocycles. The van der Waals surface area contributed by atoms with E-state index in [1.807, 2.05) is 13.8 Å². The number of aromatic nitrogens is 2. The maximum Gasteiger partial charge on any atom is 0.205 e. The van der Waals surface area contributed by atoms with Gasteiger partial charge in [-0.1, -0.05) is 25.2 Å². The van der Waals surface area contributed by atoms with Crippen LogP contribution in [0.25, 0.3) is 0 Å². The van der Waals surface area contributed by atoms with Crippen molar-refractivity contribution in [2.45, 2.75) is 46.1 Å². The highest BCUT2D eigenvalue weighted by Gasteiger charge is 2.20. The number of aliphatic hydroxyl groups is 1. The van der Waals surface area contributed by atoms with Crippen molar-refractivity contribution < 1.29 is 5.11 Å². The molecule has 1 atom stereocenters. The molecule has 0 amide bonds. The van der Waals surface area contributed by atoms with E-state index in [2.05, 4.69) is 29.4 Å². The van der Waals surface area contributed by atoms with Crippen molar-refractivity contribution in [1.29, 1.82) is 0 Å². The molecule has 0 radical (unpaired) electrons.